The Bertz CT molecular complexity index is 1180. The molecule has 0 aromatic carbocycles. The van der Waals surface area contributed by atoms with Gasteiger partial charge in [0.15, 0.2) is 6.29 Å². The third-order valence-electron chi connectivity index (χ3n) is 13.5. The molecule has 1 heterocycles. The summed E-state index contributed by atoms with van der Waals surface area (Å²) in [5, 5.41) is 30.8. The van der Waals surface area contributed by atoms with E-state index in [1.54, 1.807) is 0 Å². The summed E-state index contributed by atoms with van der Waals surface area (Å²) >= 11 is 0. The van der Waals surface area contributed by atoms with Crippen LogP contribution in [-0.4, -0.2) is 97.5 Å². The van der Waals surface area contributed by atoms with Gasteiger partial charge in [-0.05, 0) is 12.8 Å². The first-order valence-corrected chi connectivity index (χ1v) is 29.7. The Morgan fingerprint density at radius 2 is 0.851 bits per heavy atom. The topological polar surface area (TPSA) is 178 Å². The molecular weight excluding hydrogens is 873 g/mol. The molecule has 13 heteroatoms. The predicted octanol–water partition coefficient (Wildman–Crippen LogP) is 13.6. The molecule has 0 aromatic heterocycles. The molecule has 0 spiro atoms. The predicted molar refractivity (Wildman–Crippen MR) is 271 cm³/mol. The van der Waals surface area contributed by atoms with Crippen LogP contribution in [0, 0.1) is 0 Å². The molecule has 67 heavy (non-hydrogen) atoms. The van der Waals surface area contributed by atoms with E-state index in [2.05, 4.69) is 18.0 Å². The van der Waals surface area contributed by atoms with E-state index in [-0.39, 0.29) is 25.6 Å². The van der Waals surface area contributed by atoms with Crippen LogP contribution in [0.25, 0.3) is 0 Å². The summed E-state index contributed by atoms with van der Waals surface area (Å²) in [5.41, 5.74) is 0. The molecular formula is C54H106O12S. The van der Waals surface area contributed by atoms with Crippen molar-refractivity contribution in [1.82, 2.24) is 0 Å². The second kappa shape index (κ2) is 46.2. The van der Waals surface area contributed by atoms with Gasteiger partial charge in [0, 0.05) is 13.0 Å². The number of ether oxygens (including phenoxy) is 4. The Hall–Kier alpha value is -0.900. The molecule has 1 aliphatic rings. The van der Waals surface area contributed by atoms with Crippen molar-refractivity contribution in [3.63, 3.8) is 0 Å². The molecule has 0 radical (unpaired) electrons. The van der Waals surface area contributed by atoms with Crippen molar-refractivity contribution in [2.75, 3.05) is 26.4 Å². The molecule has 0 amide bonds. The minimum absolute atomic E-state index is 0.0455. The first-order valence-electron chi connectivity index (χ1n) is 28.3. The van der Waals surface area contributed by atoms with Crippen molar-refractivity contribution in [2.24, 2.45) is 0 Å². The zero-order valence-electron chi connectivity index (χ0n) is 43.2. The second-order valence-corrected chi connectivity index (χ2v) is 20.9. The van der Waals surface area contributed by atoms with Gasteiger partial charge < -0.3 is 34.3 Å². The van der Waals surface area contributed by atoms with E-state index in [0.29, 0.717) is 13.0 Å². The fourth-order valence-electron chi connectivity index (χ4n) is 9.21. The lowest BCUT2D eigenvalue weighted by Gasteiger charge is -2.41. The lowest BCUT2D eigenvalue weighted by molar-refractivity contribution is -0.301. The minimum Gasteiger partial charge on any atom is -0.457 e. The fourth-order valence-corrected chi connectivity index (χ4v) is 9.72. The molecule has 6 unspecified atom stereocenters. The van der Waals surface area contributed by atoms with Crippen LogP contribution < -0.4 is 0 Å². The van der Waals surface area contributed by atoms with Gasteiger partial charge in [0.25, 0.3) is 0 Å². The Morgan fingerprint density at radius 3 is 1.19 bits per heavy atom. The zero-order valence-corrected chi connectivity index (χ0v) is 44.1. The molecule has 4 N–H and O–H groups in total. The largest absolute Gasteiger partial charge is 0.457 e. The Morgan fingerprint density at radius 1 is 0.507 bits per heavy atom. The van der Waals surface area contributed by atoms with Crippen LogP contribution in [0.15, 0.2) is 0 Å². The van der Waals surface area contributed by atoms with E-state index in [1.165, 1.54) is 212 Å². The maximum Gasteiger partial charge on any atom is 0.397 e. The van der Waals surface area contributed by atoms with Gasteiger partial charge in [0.2, 0.25) is 0 Å². The van der Waals surface area contributed by atoms with Gasteiger partial charge in [-0.2, -0.15) is 8.42 Å². The molecule has 0 aliphatic carbocycles. The number of carbonyl (C=O) groups is 1. The second-order valence-electron chi connectivity index (χ2n) is 19.9. The summed E-state index contributed by atoms with van der Waals surface area (Å²) in [5.74, 6) is -0.389. The number of aliphatic hydroxyl groups is 3. The van der Waals surface area contributed by atoms with Crippen LogP contribution >= 0.6 is 0 Å². The highest BCUT2D eigenvalue weighted by Gasteiger charge is 2.48. The Balaban J connectivity index is 2.28. The number of hydrogen-bond acceptors (Lipinski definition) is 11. The van der Waals surface area contributed by atoms with Crippen molar-refractivity contribution < 1.29 is 56.2 Å². The summed E-state index contributed by atoms with van der Waals surface area (Å²) in [6.07, 6.45) is 42.8. The molecule has 0 bridgehead atoms. The Labute approximate surface area is 411 Å². The number of unbranched alkanes of at least 4 members (excludes halogenated alkanes) is 38. The molecule has 12 nitrogen and oxygen atoms in total. The number of esters is 1. The molecule has 1 fully saturated rings. The van der Waals surface area contributed by atoms with Crippen molar-refractivity contribution in [2.45, 2.75) is 314 Å². The van der Waals surface area contributed by atoms with Gasteiger partial charge in [-0.25, -0.2) is 4.18 Å². The van der Waals surface area contributed by atoms with Crippen LogP contribution in [0.4, 0.5) is 0 Å². The Kier molecular flexibility index (Phi) is 44.2. The zero-order chi connectivity index (χ0) is 48.9. The van der Waals surface area contributed by atoms with Crippen LogP contribution in [0.3, 0.4) is 0 Å². The molecule has 6 atom stereocenters. The van der Waals surface area contributed by atoms with Crippen LogP contribution in [0.1, 0.15) is 277 Å². The summed E-state index contributed by atoms with van der Waals surface area (Å²) < 4.78 is 59.4. The lowest BCUT2D eigenvalue weighted by atomic mass is 9.99. The summed E-state index contributed by atoms with van der Waals surface area (Å²) in [6, 6.07) is 0. The molecule has 400 valence electrons. The average Bonchev–Trinajstić information content (AvgIpc) is 3.30. The monoisotopic (exact) mass is 979 g/mol. The minimum atomic E-state index is -5.06. The molecule has 1 aliphatic heterocycles. The van der Waals surface area contributed by atoms with E-state index in [9.17, 15) is 33.1 Å². The van der Waals surface area contributed by atoms with Crippen molar-refractivity contribution in [3.8, 4) is 0 Å². The highest BCUT2D eigenvalue weighted by molar-refractivity contribution is 7.80. The van der Waals surface area contributed by atoms with Crippen LogP contribution in [0.5, 0.6) is 0 Å². The smallest absolute Gasteiger partial charge is 0.397 e. The van der Waals surface area contributed by atoms with Gasteiger partial charge >= 0.3 is 16.4 Å². The maximum atomic E-state index is 12.9. The van der Waals surface area contributed by atoms with E-state index >= 15 is 0 Å². The van der Waals surface area contributed by atoms with Gasteiger partial charge in [-0.1, -0.05) is 258 Å². The quantitative estimate of drug-likeness (QED) is 0.0258. The van der Waals surface area contributed by atoms with E-state index in [0.717, 1.165) is 38.5 Å². The third-order valence-corrected chi connectivity index (χ3v) is 13.9. The number of hydrogen-bond donors (Lipinski definition) is 4. The number of rotatable bonds is 51. The van der Waals surface area contributed by atoms with Gasteiger partial charge in [0.1, 0.15) is 30.5 Å². The fraction of sp³-hybridized carbons (Fsp3) is 0.981. The molecule has 0 saturated carbocycles. The van der Waals surface area contributed by atoms with E-state index < -0.39 is 53.8 Å². The maximum absolute atomic E-state index is 12.9. The normalized spacial score (nSPS) is 19.3. The SMILES string of the molecule is CCCCCCCCCCCCCCCCCCCCCCCCCC(=O)OC(COCCCCCCCCCCCCCCCCCCC)COC1OC(CO)C(O)C(OS(=O)(=O)O)C1O. The molecule has 1 saturated heterocycles. The van der Waals surface area contributed by atoms with Gasteiger partial charge in [-0.3, -0.25) is 9.35 Å². The van der Waals surface area contributed by atoms with Crippen LogP contribution in [0.2, 0.25) is 0 Å². The highest BCUT2D eigenvalue weighted by Crippen LogP contribution is 2.26. The van der Waals surface area contributed by atoms with E-state index in [1.807, 2.05) is 0 Å². The molecule has 1 rings (SSSR count). The standard InChI is InChI=1S/C54H106O12S/c1-3-5-7-9-11-13-15-17-19-21-22-23-24-25-26-27-29-31-33-35-37-39-41-43-50(56)64-48(47-63-54-52(58)53(66-67(59,60)61)51(57)49(45-55)65-54)46-62-44-42-40-38-36-34-32-30-28-20-18-16-14-12-10-8-6-4-2/h48-49,51-55,57-58H,3-47H2,1-2H3,(H,59,60,61). The van der Waals surface area contributed by atoms with Crippen molar-refractivity contribution in [3.05, 3.63) is 0 Å². The summed E-state index contributed by atoms with van der Waals surface area (Å²) in [4.78, 5) is 12.9. The van der Waals surface area contributed by atoms with Gasteiger partial charge in [-0.15, -0.1) is 0 Å². The van der Waals surface area contributed by atoms with Crippen molar-refractivity contribution >= 4 is 16.4 Å². The highest BCUT2D eigenvalue weighted by atomic mass is 32.3. The lowest BCUT2D eigenvalue weighted by Crippen LogP contribution is -2.60. The van der Waals surface area contributed by atoms with Gasteiger partial charge in [0.05, 0.1) is 19.8 Å². The first-order chi connectivity index (χ1) is 32.6. The third kappa shape index (κ3) is 39.4. The van der Waals surface area contributed by atoms with E-state index in [4.69, 9.17) is 18.9 Å². The summed E-state index contributed by atoms with van der Waals surface area (Å²) in [6.45, 7) is 4.07. The van der Waals surface area contributed by atoms with Crippen LogP contribution in [-0.2, 0) is 38.3 Å². The first kappa shape index (κ1) is 64.1. The average molecular weight is 979 g/mol. The molecule has 0 aromatic rings. The summed E-state index contributed by atoms with van der Waals surface area (Å²) in [7, 11) is -5.06. The van der Waals surface area contributed by atoms with Crippen molar-refractivity contribution in [1.29, 1.82) is 0 Å². The number of aliphatic hydroxyl groups excluding tert-OH is 3. The number of carbonyl (C=O) groups excluding carboxylic acids is 1.